The van der Waals surface area contributed by atoms with Crippen molar-refractivity contribution in [3.05, 3.63) is 46.3 Å². The van der Waals surface area contributed by atoms with Crippen LogP contribution in [-0.4, -0.2) is 0 Å². The molecule has 0 saturated heterocycles. The molecule has 0 aromatic heterocycles. The Morgan fingerprint density at radius 2 is 0.864 bits per heavy atom. The van der Waals surface area contributed by atoms with Crippen molar-refractivity contribution in [2.24, 2.45) is 0 Å². The molecule has 0 aliphatic rings. The molecule has 0 aliphatic carbocycles. The molecule has 0 unspecified atom stereocenters. The number of halogens is 9. The molecular formula is C12HBr9O. The van der Waals surface area contributed by atoms with E-state index in [0.29, 0.717) is 11.5 Å². The number of ether oxygens (including phenoxy) is 1. The third kappa shape index (κ3) is 4.10. The molecule has 0 amide bonds. The zero-order chi connectivity index (χ0) is 16.8. The molecule has 0 fully saturated rings. The molecule has 0 N–H and O–H groups in total. The van der Waals surface area contributed by atoms with Gasteiger partial charge in [-0.05, 0) is 149 Å². The van der Waals surface area contributed by atoms with E-state index in [1.165, 1.54) is 0 Å². The lowest BCUT2D eigenvalue weighted by Crippen LogP contribution is -1.93. The summed E-state index contributed by atoms with van der Waals surface area (Å²) in [5.74, 6) is 1.29. The van der Waals surface area contributed by atoms with E-state index in [4.69, 9.17) is 4.74 Å². The maximum absolute atomic E-state index is 6.13. The van der Waals surface area contributed by atoms with Gasteiger partial charge in [0, 0.05) is 13.4 Å². The van der Waals surface area contributed by atoms with Gasteiger partial charge in [-0.1, -0.05) is 0 Å². The van der Waals surface area contributed by atoms with Gasteiger partial charge in [0.1, 0.15) is 0 Å². The van der Waals surface area contributed by atoms with Gasteiger partial charge in [-0.25, -0.2) is 0 Å². The summed E-state index contributed by atoms with van der Waals surface area (Å²) in [6.07, 6.45) is 0. The van der Waals surface area contributed by atoms with Crippen LogP contribution in [0.4, 0.5) is 0 Å². The molecule has 118 valence electrons. The number of benzene rings is 2. The summed E-state index contributed by atoms with van der Waals surface area (Å²) in [6, 6.07) is 1.91. The van der Waals surface area contributed by atoms with Crippen LogP contribution in [0, 0.1) is 0 Å². The molecule has 0 radical (unpaired) electrons. The highest BCUT2D eigenvalue weighted by molar-refractivity contribution is 9.16. The van der Waals surface area contributed by atoms with Crippen LogP contribution >= 0.6 is 143 Å². The van der Waals surface area contributed by atoms with Crippen molar-refractivity contribution in [1.29, 1.82) is 0 Å². The van der Waals surface area contributed by atoms with Crippen LogP contribution in [0.25, 0.3) is 0 Å². The van der Waals surface area contributed by atoms with Gasteiger partial charge in [0.25, 0.3) is 0 Å². The molecule has 22 heavy (non-hydrogen) atoms. The number of hydrogen-bond acceptors (Lipinski definition) is 1. The van der Waals surface area contributed by atoms with Crippen LogP contribution in [0.3, 0.4) is 0 Å². The topological polar surface area (TPSA) is 9.23 Å². The first-order chi connectivity index (χ1) is 10.2. The Kier molecular flexibility index (Phi) is 8.06. The van der Waals surface area contributed by atoms with Crippen molar-refractivity contribution in [2.45, 2.75) is 0 Å². The average molecular weight is 880 g/mol. The molecular weight excluding hydrogens is 879 g/mol. The Morgan fingerprint density at radius 3 is 1.36 bits per heavy atom. The van der Waals surface area contributed by atoms with Crippen LogP contribution in [0.1, 0.15) is 0 Å². The van der Waals surface area contributed by atoms with Crippen molar-refractivity contribution in [2.75, 3.05) is 0 Å². The number of rotatable bonds is 2. The van der Waals surface area contributed by atoms with Crippen LogP contribution in [0.5, 0.6) is 11.5 Å². The molecule has 1 nitrogen and oxygen atoms in total. The lowest BCUT2D eigenvalue weighted by Gasteiger charge is -2.17. The predicted octanol–water partition coefficient (Wildman–Crippen LogP) is 10.3. The van der Waals surface area contributed by atoms with Crippen LogP contribution in [0.2, 0.25) is 0 Å². The lowest BCUT2D eigenvalue weighted by atomic mass is 10.3. The normalized spacial score (nSPS) is 11.0. The Morgan fingerprint density at radius 1 is 0.455 bits per heavy atom. The fourth-order valence-corrected chi connectivity index (χ4v) is 7.17. The van der Waals surface area contributed by atoms with E-state index in [0.717, 1.165) is 40.3 Å². The third-order valence-electron chi connectivity index (χ3n) is 2.45. The smallest absolute Gasteiger partial charge is 0.158 e. The molecule has 0 atom stereocenters. The molecule has 10 heteroatoms. The molecule has 2 aromatic rings. The summed E-state index contributed by atoms with van der Waals surface area (Å²) in [5.41, 5.74) is 0. The van der Waals surface area contributed by atoms with E-state index < -0.39 is 0 Å². The highest BCUT2D eigenvalue weighted by atomic mass is 79.9. The van der Waals surface area contributed by atoms with Gasteiger partial charge in [-0.3, -0.25) is 0 Å². The molecule has 0 aliphatic heterocycles. The summed E-state index contributed by atoms with van der Waals surface area (Å²) >= 11 is 31.7. The molecule has 0 bridgehead atoms. The van der Waals surface area contributed by atoms with Gasteiger partial charge >= 0.3 is 0 Å². The van der Waals surface area contributed by atoms with Crippen LogP contribution in [-0.2, 0) is 0 Å². The van der Waals surface area contributed by atoms with Crippen molar-refractivity contribution < 1.29 is 4.74 Å². The minimum Gasteiger partial charge on any atom is -0.452 e. The Balaban J connectivity index is 2.66. The zero-order valence-electron chi connectivity index (χ0n) is 9.89. The molecule has 0 spiro atoms. The Bertz CT molecular complexity index is 743. The van der Waals surface area contributed by atoms with E-state index >= 15 is 0 Å². The fraction of sp³-hybridized carbons (Fsp3) is 0. The molecule has 0 heterocycles. The second kappa shape index (κ2) is 8.50. The average Bonchev–Trinajstić information content (AvgIpc) is 2.48. The van der Waals surface area contributed by atoms with E-state index in [1.807, 2.05) is 6.07 Å². The second-order valence-corrected chi connectivity index (χ2v) is 11.1. The summed E-state index contributed by atoms with van der Waals surface area (Å²) in [4.78, 5) is 0. The van der Waals surface area contributed by atoms with Gasteiger partial charge in [0.2, 0.25) is 0 Å². The zero-order valence-corrected chi connectivity index (χ0v) is 24.2. The predicted molar refractivity (Wildman–Crippen MR) is 122 cm³/mol. The Labute approximate surface area is 202 Å². The van der Waals surface area contributed by atoms with Crippen molar-refractivity contribution in [1.82, 2.24) is 0 Å². The van der Waals surface area contributed by atoms with E-state index in [1.54, 1.807) is 0 Å². The summed E-state index contributed by atoms with van der Waals surface area (Å²) < 4.78 is 13.7. The standard InChI is InChI=1S/C12HBr9O/c13-2-1-3(14)11(8(19)4(2)15)22-12-9(20)6(17)5(16)7(18)10(12)21/h1H. The van der Waals surface area contributed by atoms with Gasteiger partial charge in [-0.15, -0.1) is 0 Å². The summed E-state index contributed by atoms with van der Waals surface area (Å²) in [7, 11) is 0. The Hall–Kier alpha value is 2.56. The monoisotopic (exact) mass is 871 g/mol. The first-order valence-corrected chi connectivity index (χ1v) is 12.3. The van der Waals surface area contributed by atoms with Crippen molar-refractivity contribution in [3.63, 3.8) is 0 Å². The van der Waals surface area contributed by atoms with Gasteiger partial charge in [0.05, 0.1) is 26.8 Å². The maximum atomic E-state index is 6.13. The molecule has 2 aromatic carbocycles. The third-order valence-corrected chi connectivity index (χ3v) is 12.3. The largest absolute Gasteiger partial charge is 0.452 e. The summed E-state index contributed by atoms with van der Waals surface area (Å²) in [5, 5.41) is 0. The first-order valence-electron chi connectivity index (χ1n) is 5.19. The minimum absolute atomic E-state index is 0.637. The van der Waals surface area contributed by atoms with Gasteiger partial charge in [0.15, 0.2) is 11.5 Å². The highest BCUT2D eigenvalue weighted by Crippen LogP contribution is 2.52. The quantitative estimate of drug-likeness (QED) is 0.216. The van der Waals surface area contributed by atoms with E-state index in [-0.39, 0.29) is 0 Å². The lowest BCUT2D eigenvalue weighted by molar-refractivity contribution is 0.469. The van der Waals surface area contributed by atoms with Crippen LogP contribution in [0.15, 0.2) is 46.3 Å². The SMILES string of the molecule is Brc1cc(Br)c(Oc2c(Br)c(Br)c(Br)c(Br)c2Br)c(Br)c1Br. The number of hydrogen-bond donors (Lipinski definition) is 0. The summed E-state index contributed by atoms with van der Waals surface area (Å²) in [6.45, 7) is 0. The highest BCUT2D eigenvalue weighted by Gasteiger charge is 2.22. The maximum Gasteiger partial charge on any atom is 0.158 e. The fourth-order valence-electron chi connectivity index (χ4n) is 1.42. The second-order valence-electron chi connectivity index (χ2n) is 3.80. The van der Waals surface area contributed by atoms with Crippen LogP contribution < -0.4 is 4.74 Å². The minimum atomic E-state index is 0.637. The molecule has 0 saturated carbocycles. The van der Waals surface area contributed by atoms with Gasteiger partial charge in [-0.2, -0.15) is 0 Å². The van der Waals surface area contributed by atoms with E-state index in [2.05, 4.69) is 143 Å². The van der Waals surface area contributed by atoms with Gasteiger partial charge < -0.3 is 4.74 Å². The first kappa shape index (κ1) is 20.9. The van der Waals surface area contributed by atoms with E-state index in [9.17, 15) is 0 Å². The van der Waals surface area contributed by atoms with Crippen molar-refractivity contribution in [3.8, 4) is 11.5 Å². The van der Waals surface area contributed by atoms with Crippen molar-refractivity contribution >= 4 is 143 Å². The molecule has 2 rings (SSSR count).